The van der Waals surface area contributed by atoms with Crippen LogP contribution in [0.15, 0.2) is 48.5 Å². The van der Waals surface area contributed by atoms with Gasteiger partial charge in [0.25, 0.3) is 5.91 Å². The van der Waals surface area contributed by atoms with Gasteiger partial charge in [0.15, 0.2) is 0 Å². The summed E-state index contributed by atoms with van der Waals surface area (Å²) in [5.74, 6) is 0.0527. The van der Waals surface area contributed by atoms with E-state index in [0.29, 0.717) is 49.9 Å². The summed E-state index contributed by atoms with van der Waals surface area (Å²) in [6.07, 6.45) is 0.475. The highest BCUT2D eigenvalue weighted by Gasteiger charge is 2.18. The predicted molar refractivity (Wildman–Crippen MR) is 125 cm³/mol. The molecule has 170 valence electrons. The molecule has 0 bridgehead atoms. The molecule has 32 heavy (non-hydrogen) atoms. The minimum Gasteiger partial charge on any atom is -0.378 e. The number of nitrogens with one attached hydrogen (secondary N) is 3. The lowest BCUT2D eigenvalue weighted by molar-refractivity contribution is -0.117. The fourth-order valence-electron chi connectivity index (χ4n) is 3.29. The van der Waals surface area contributed by atoms with Crippen LogP contribution >= 0.6 is 0 Å². The van der Waals surface area contributed by atoms with E-state index in [2.05, 4.69) is 16.0 Å². The number of hydrogen-bond acceptors (Lipinski definition) is 5. The number of carbonyl (C=O) groups excluding carboxylic acids is 3. The van der Waals surface area contributed by atoms with Crippen molar-refractivity contribution in [3.05, 3.63) is 54.1 Å². The van der Waals surface area contributed by atoms with Crippen LogP contribution in [0.2, 0.25) is 0 Å². The van der Waals surface area contributed by atoms with Crippen molar-refractivity contribution in [1.29, 1.82) is 0 Å². The molecule has 0 unspecified atom stereocenters. The van der Waals surface area contributed by atoms with Crippen molar-refractivity contribution in [1.82, 2.24) is 4.90 Å². The largest absolute Gasteiger partial charge is 0.378 e. The van der Waals surface area contributed by atoms with E-state index in [1.165, 1.54) is 0 Å². The summed E-state index contributed by atoms with van der Waals surface area (Å²) in [5.41, 5.74) is 2.70. The van der Waals surface area contributed by atoms with Gasteiger partial charge in [-0.15, -0.1) is 0 Å². The third-order valence-electron chi connectivity index (χ3n) is 4.93. The zero-order valence-electron chi connectivity index (χ0n) is 18.5. The van der Waals surface area contributed by atoms with Crippen LogP contribution in [0.25, 0.3) is 0 Å². The number of carbonyl (C=O) groups is 3. The summed E-state index contributed by atoms with van der Waals surface area (Å²) < 4.78 is 5.27. The lowest BCUT2D eigenvalue weighted by Crippen LogP contribution is -2.40. The topological polar surface area (TPSA) is 99.8 Å². The second-order valence-corrected chi connectivity index (χ2v) is 8.11. The van der Waals surface area contributed by atoms with Crippen LogP contribution in [0.4, 0.5) is 17.1 Å². The van der Waals surface area contributed by atoms with E-state index in [0.717, 1.165) is 11.4 Å². The van der Waals surface area contributed by atoms with Gasteiger partial charge in [-0.2, -0.15) is 0 Å². The van der Waals surface area contributed by atoms with Crippen LogP contribution in [0.3, 0.4) is 0 Å². The van der Waals surface area contributed by atoms with Gasteiger partial charge < -0.3 is 25.6 Å². The Bertz CT molecular complexity index is 920. The van der Waals surface area contributed by atoms with E-state index in [4.69, 9.17) is 4.74 Å². The summed E-state index contributed by atoms with van der Waals surface area (Å²) >= 11 is 0. The molecule has 1 saturated heterocycles. The Morgan fingerprint density at radius 2 is 1.38 bits per heavy atom. The first-order valence-corrected chi connectivity index (χ1v) is 10.8. The highest BCUT2D eigenvalue weighted by atomic mass is 16.5. The predicted octanol–water partition coefficient (Wildman–Crippen LogP) is 3.19. The quantitative estimate of drug-likeness (QED) is 0.588. The van der Waals surface area contributed by atoms with Gasteiger partial charge in [-0.1, -0.05) is 13.8 Å². The lowest BCUT2D eigenvalue weighted by atomic mass is 10.1. The third kappa shape index (κ3) is 7.09. The van der Waals surface area contributed by atoms with E-state index >= 15 is 0 Å². The Morgan fingerprint density at radius 3 is 1.97 bits per heavy atom. The summed E-state index contributed by atoms with van der Waals surface area (Å²) in [6.45, 7) is 6.38. The smallest absolute Gasteiger partial charge is 0.254 e. The van der Waals surface area contributed by atoms with Crippen LogP contribution in [0.1, 0.15) is 30.6 Å². The van der Waals surface area contributed by atoms with Gasteiger partial charge >= 0.3 is 0 Å². The molecule has 1 aliphatic rings. The zero-order chi connectivity index (χ0) is 22.9. The lowest BCUT2D eigenvalue weighted by Gasteiger charge is -2.26. The minimum atomic E-state index is -0.202. The second-order valence-electron chi connectivity index (χ2n) is 8.11. The maximum Gasteiger partial charge on any atom is 0.254 e. The molecule has 2 aromatic rings. The Labute approximate surface area is 188 Å². The van der Waals surface area contributed by atoms with Gasteiger partial charge in [-0.25, -0.2) is 0 Å². The molecule has 1 fully saturated rings. The van der Waals surface area contributed by atoms with E-state index in [1.54, 1.807) is 41.3 Å². The fraction of sp³-hybridized carbons (Fsp3) is 0.375. The van der Waals surface area contributed by atoms with Gasteiger partial charge in [-0.3, -0.25) is 14.4 Å². The third-order valence-corrected chi connectivity index (χ3v) is 4.93. The number of amides is 3. The van der Waals surface area contributed by atoms with Gasteiger partial charge in [0.2, 0.25) is 11.8 Å². The number of anilines is 3. The first kappa shape index (κ1) is 23.3. The number of nitrogens with zero attached hydrogens (tertiary/aromatic N) is 1. The van der Waals surface area contributed by atoms with Gasteiger partial charge in [0.05, 0.1) is 19.8 Å². The van der Waals surface area contributed by atoms with E-state index in [1.807, 2.05) is 26.0 Å². The molecule has 2 aromatic carbocycles. The second kappa shape index (κ2) is 11.3. The molecule has 1 heterocycles. The van der Waals surface area contributed by atoms with Crippen molar-refractivity contribution in [3.8, 4) is 0 Å². The van der Waals surface area contributed by atoms with Crippen molar-refractivity contribution in [3.63, 3.8) is 0 Å². The normalized spacial score (nSPS) is 13.5. The Morgan fingerprint density at radius 1 is 0.844 bits per heavy atom. The summed E-state index contributed by atoms with van der Waals surface area (Å²) in [4.78, 5) is 38.3. The van der Waals surface area contributed by atoms with Crippen molar-refractivity contribution in [2.45, 2.75) is 20.3 Å². The van der Waals surface area contributed by atoms with Crippen molar-refractivity contribution < 1.29 is 19.1 Å². The molecular weight excluding hydrogens is 408 g/mol. The summed E-state index contributed by atoms with van der Waals surface area (Å²) in [5, 5.41) is 8.71. The molecule has 8 heteroatoms. The summed E-state index contributed by atoms with van der Waals surface area (Å²) in [7, 11) is 0. The van der Waals surface area contributed by atoms with Gasteiger partial charge in [0, 0.05) is 42.1 Å². The van der Waals surface area contributed by atoms with Crippen molar-refractivity contribution in [2.24, 2.45) is 5.92 Å². The monoisotopic (exact) mass is 438 g/mol. The molecule has 0 atom stereocenters. The van der Waals surface area contributed by atoms with Crippen LogP contribution in [0.5, 0.6) is 0 Å². The number of benzene rings is 2. The molecule has 1 aliphatic heterocycles. The highest BCUT2D eigenvalue weighted by Crippen LogP contribution is 2.15. The van der Waals surface area contributed by atoms with E-state index in [9.17, 15) is 14.4 Å². The molecule has 0 aromatic heterocycles. The number of ether oxygens (including phenoxy) is 1. The van der Waals surface area contributed by atoms with Crippen molar-refractivity contribution in [2.75, 3.05) is 48.8 Å². The maximum atomic E-state index is 12.5. The van der Waals surface area contributed by atoms with Crippen LogP contribution in [-0.4, -0.2) is 55.5 Å². The SMILES string of the molecule is CC(C)CC(=O)Nc1ccc(NCC(=O)Nc2ccc(C(=O)N3CCOCC3)cc2)cc1. The highest BCUT2D eigenvalue weighted by molar-refractivity contribution is 5.97. The average molecular weight is 439 g/mol. The Hall–Kier alpha value is -3.39. The van der Waals surface area contributed by atoms with Crippen LogP contribution in [-0.2, 0) is 14.3 Å². The molecule has 0 spiro atoms. The molecule has 0 saturated carbocycles. The minimum absolute atomic E-state index is 0.0160. The maximum absolute atomic E-state index is 12.5. The molecule has 3 rings (SSSR count). The molecule has 3 amide bonds. The summed E-state index contributed by atoms with van der Waals surface area (Å²) in [6, 6.07) is 14.1. The van der Waals surface area contributed by atoms with Crippen LogP contribution in [0, 0.1) is 5.92 Å². The fourth-order valence-corrected chi connectivity index (χ4v) is 3.29. The van der Waals surface area contributed by atoms with E-state index in [-0.39, 0.29) is 24.3 Å². The van der Waals surface area contributed by atoms with Gasteiger partial charge in [0.1, 0.15) is 0 Å². The average Bonchev–Trinajstić information content (AvgIpc) is 2.79. The molecular formula is C24H30N4O4. The Kier molecular flexibility index (Phi) is 8.21. The first-order chi connectivity index (χ1) is 15.4. The standard InChI is InChI=1S/C24H30N4O4/c1-17(2)15-22(29)26-21-9-7-19(8-10-21)25-16-23(30)27-20-5-3-18(4-6-20)24(31)28-11-13-32-14-12-28/h3-10,17,25H,11-16H2,1-2H3,(H,26,29)(H,27,30). The number of hydrogen-bond donors (Lipinski definition) is 3. The molecule has 0 aliphatic carbocycles. The van der Waals surface area contributed by atoms with Crippen LogP contribution < -0.4 is 16.0 Å². The van der Waals surface area contributed by atoms with E-state index < -0.39 is 0 Å². The molecule has 3 N–H and O–H groups in total. The zero-order valence-corrected chi connectivity index (χ0v) is 18.5. The number of morpholine rings is 1. The first-order valence-electron chi connectivity index (χ1n) is 10.8. The molecule has 0 radical (unpaired) electrons. The van der Waals surface area contributed by atoms with Crippen molar-refractivity contribution >= 4 is 34.8 Å². The molecule has 8 nitrogen and oxygen atoms in total. The Balaban J connectivity index is 1.44. The van der Waals surface area contributed by atoms with Gasteiger partial charge in [-0.05, 0) is 54.4 Å². The number of rotatable bonds is 8.